The van der Waals surface area contributed by atoms with Crippen LogP contribution in [0.15, 0.2) is 0 Å². The molecule has 2 N–H and O–H groups in total. The van der Waals surface area contributed by atoms with Crippen molar-refractivity contribution in [1.82, 2.24) is 4.90 Å². The zero-order valence-corrected chi connectivity index (χ0v) is 8.56. The quantitative estimate of drug-likeness (QED) is 0.637. The fourth-order valence-corrected chi connectivity index (χ4v) is 2.35. The van der Waals surface area contributed by atoms with Crippen LogP contribution < -0.4 is 5.73 Å². The minimum absolute atomic E-state index is 0.00384. The molecule has 2 amide bonds. The van der Waals surface area contributed by atoms with Crippen LogP contribution in [0, 0.1) is 23.7 Å². The van der Waals surface area contributed by atoms with Crippen molar-refractivity contribution in [2.75, 3.05) is 13.1 Å². The minimum atomic E-state index is -0.0775. The lowest BCUT2D eigenvalue weighted by Gasteiger charge is -2.19. The molecule has 1 aliphatic heterocycles. The molecule has 0 aromatic carbocycles. The Kier molecular flexibility index (Phi) is 2.10. The van der Waals surface area contributed by atoms with Crippen LogP contribution >= 0.6 is 0 Å². The van der Waals surface area contributed by atoms with Gasteiger partial charge in [-0.05, 0) is 18.4 Å². The van der Waals surface area contributed by atoms with Gasteiger partial charge in [0, 0.05) is 6.54 Å². The summed E-state index contributed by atoms with van der Waals surface area (Å²) < 4.78 is 0. The molecule has 2 atom stereocenters. The first-order valence-corrected chi connectivity index (χ1v) is 5.13. The number of nitrogens with two attached hydrogens (primary N) is 1. The van der Waals surface area contributed by atoms with Crippen LogP contribution in [0.3, 0.4) is 0 Å². The monoisotopic (exact) mass is 196 g/mol. The van der Waals surface area contributed by atoms with Crippen molar-refractivity contribution in [2.45, 2.75) is 13.8 Å². The molecule has 78 valence electrons. The number of carbonyl (C=O) groups excluding carboxylic acids is 2. The van der Waals surface area contributed by atoms with Crippen molar-refractivity contribution in [3.63, 3.8) is 0 Å². The van der Waals surface area contributed by atoms with Crippen LogP contribution in [0.5, 0.6) is 0 Å². The average Bonchev–Trinajstić information content (AvgIpc) is 2.79. The molecule has 2 rings (SSSR count). The van der Waals surface area contributed by atoms with Crippen molar-refractivity contribution in [1.29, 1.82) is 0 Å². The number of rotatable bonds is 3. The predicted molar refractivity (Wildman–Crippen MR) is 51.1 cm³/mol. The molecule has 2 aliphatic rings. The summed E-state index contributed by atoms with van der Waals surface area (Å²) in [5.74, 6) is 0.334. The van der Waals surface area contributed by atoms with Crippen molar-refractivity contribution in [3.05, 3.63) is 0 Å². The maximum Gasteiger partial charge on any atom is 0.233 e. The Hall–Kier alpha value is -0.900. The van der Waals surface area contributed by atoms with Gasteiger partial charge in [0.05, 0.1) is 11.8 Å². The fraction of sp³-hybridized carbons (Fsp3) is 0.800. The van der Waals surface area contributed by atoms with E-state index in [0.29, 0.717) is 19.0 Å². The van der Waals surface area contributed by atoms with E-state index < -0.39 is 0 Å². The highest BCUT2D eigenvalue weighted by atomic mass is 16.2. The number of hydrogen-bond acceptors (Lipinski definition) is 3. The van der Waals surface area contributed by atoms with E-state index in [1.54, 1.807) is 0 Å². The maximum atomic E-state index is 11.7. The molecule has 1 saturated carbocycles. The average molecular weight is 196 g/mol. The lowest BCUT2D eigenvalue weighted by Crippen LogP contribution is -2.38. The SMILES string of the molecule is CC(C)CN1C(=O)C2C(CN)C2C1=O. The molecule has 1 aliphatic carbocycles. The summed E-state index contributed by atoms with van der Waals surface area (Å²) in [5.41, 5.74) is 5.47. The highest BCUT2D eigenvalue weighted by Crippen LogP contribution is 2.52. The highest BCUT2D eigenvalue weighted by molar-refractivity contribution is 6.09. The molecule has 0 aromatic rings. The Labute approximate surface area is 83.4 Å². The van der Waals surface area contributed by atoms with Crippen molar-refractivity contribution >= 4 is 11.8 Å². The largest absolute Gasteiger partial charge is 0.330 e. The van der Waals surface area contributed by atoms with E-state index in [1.165, 1.54) is 4.90 Å². The molecule has 0 radical (unpaired) electrons. The second kappa shape index (κ2) is 3.05. The second-order valence-electron chi connectivity index (χ2n) is 4.63. The van der Waals surface area contributed by atoms with Crippen LogP contribution in [-0.4, -0.2) is 29.8 Å². The molecule has 2 unspecified atom stereocenters. The first kappa shape index (κ1) is 9.65. The first-order chi connectivity index (χ1) is 6.57. The van der Waals surface area contributed by atoms with Crippen LogP contribution in [0.1, 0.15) is 13.8 Å². The zero-order chi connectivity index (χ0) is 10.5. The molecule has 4 heteroatoms. The lowest BCUT2D eigenvalue weighted by molar-refractivity contribution is -0.142. The van der Waals surface area contributed by atoms with Crippen LogP contribution in [0.2, 0.25) is 0 Å². The van der Waals surface area contributed by atoms with E-state index in [2.05, 4.69) is 0 Å². The number of fused-ring (bicyclic) bond motifs is 1. The van der Waals surface area contributed by atoms with Gasteiger partial charge in [-0.3, -0.25) is 14.5 Å². The van der Waals surface area contributed by atoms with E-state index >= 15 is 0 Å². The summed E-state index contributed by atoms with van der Waals surface area (Å²) in [6, 6.07) is 0. The molecule has 0 spiro atoms. The summed E-state index contributed by atoms with van der Waals surface area (Å²) in [7, 11) is 0. The number of piperidine rings is 1. The third kappa shape index (κ3) is 1.17. The van der Waals surface area contributed by atoms with Crippen LogP contribution in [-0.2, 0) is 9.59 Å². The Morgan fingerprint density at radius 3 is 2.14 bits per heavy atom. The van der Waals surface area contributed by atoms with Gasteiger partial charge in [-0.25, -0.2) is 0 Å². The van der Waals surface area contributed by atoms with Crippen LogP contribution in [0.25, 0.3) is 0 Å². The topological polar surface area (TPSA) is 63.4 Å². The fourth-order valence-electron chi connectivity index (χ4n) is 2.35. The Morgan fingerprint density at radius 1 is 1.29 bits per heavy atom. The Bertz CT molecular complexity index is 266. The van der Waals surface area contributed by atoms with E-state index in [0.717, 1.165) is 0 Å². The number of imide groups is 1. The summed E-state index contributed by atoms with van der Waals surface area (Å²) in [5, 5.41) is 0. The molecular formula is C10H16N2O2. The van der Waals surface area contributed by atoms with E-state index in [4.69, 9.17) is 5.73 Å². The van der Waals surface area contributed by atoms with Gasteiger partial charge in [0.1, 0.15) is 0 Å². The summed E-state index contributed by atoms with van der Waals surface area (Å²) >= 11 is 0. The summed E-state index contributed by atoms with van der Waals surface area (Å²) in [6.45, 7) is 5.03. The van der Waals surface area contributed by atoms with Gasteiger partial charge >= 0.3 is 0 Å². The van der Waals surface area contributed by atoms with Gasteiger partial charge in [-0.2, -0.15) is 0 Å². The molecule has 4 nitrogen and oxygen atoms in total. The van der Waals surface area contributed by atoms with Gasteiger partial charge in [0.2, 0.25) is 11.8 Å². The molecule has 0 aromatic heterocycles. The normalized spacial score (nSPS) is 35.4. The number of nitrogens with zero attached hydrogens (tertiary/aromatic N) is 1. The Morgan fingerprint density at radius 2 is 1.79 bits per heavy atom. The van der Waals surface area contributed by atoms with Gasteiger partial charge in [0.15, 0.2) is 0 Å². The van der Waals surface area contributed by atoms with Crippen molar-refractivity contribution < 1.29 is 9.59 Å². The van der Waals surface area contributed by atoms with E-state index in [9.17, 15) is 9.59 Å². The summed E-state index contributed by atoms with van der Waals surface area (Å²) in [4.78, 5) is 24.8. The van der Waals surface area contributed by atoms with Gasteiger partial charge in [-0.15, -0.1) is 0 Å². The maximum absolute atomic E-state index is 11.7. The number of hydrogen-bond donors (Lipinski definition) is 1. The highest BCUT2D eigenvalue weighted by Gasteiger charge is 2.66. The van der Waals surface area contributed by atoms with E-state index in [1.807, 2.05) is 13.8 Å². The predicted octanol–water partition coefficient (Wildman–Crippen LogP) is -0.168. The van der Waals surface area contributed by atoms with Crippen molar-refractivity contribution in [2.24, 2.45) is 29.4 Å². The molecule has 1 heterocycles. The van der Waals surface area contributed by atoms with Crippen LogP contribution in [0.4, 0.5) is 0 Å². The third-order valence-electron chi connectivity index (χ3n) is 3.09. The van der Waals surface area contributed by atoms with E-state index in [-0.39, 0.29) is 29.6 Å². The Balaban J connectivity index is 2.06. The number of carbonyl (C=O) groups is 2. The molecule has 1 saturated heterocycles. The first-order valence-electron chi connectivity index (χ1n) is 5.13. The molecule has 2 fully saturated rings. The minimum Gasteiger partial charge on any atom is -0.330 e. The smallest absolute Gasteiger partial charge is 0.233 e. The zero-order valence-electron chi connectivity index (χ0n) is 8.56. The lowest BCUT2D eigenvalue weighted by atomic mass is 10.2. The van der Waals surface area contributed by atoms with Gasteiger partial charge in [-0.1, -0.05) is 13.8 Å². The second-order valence-corrected chi connectivity index (χ2v) is 4.63. The third-order valence-corrected chi connectivity index (χ3v) is 3.09. The van der Waals surface area contributed by atoms with Gasteiger partial charge < -0.3 is 5.73 Å². The molecular weight excluding hydrogens is 180 g/mol. The number of likely N-dealkylation sites (tertiary alicyclic amines) is 1. The molecule has 0 bridgehead atoms. The summed E-state index contributed by atoms with van der Waals surface area (Å²) in [6.07, 6.45) is 0. The van der Waals surface area contributed by atoms with Gasteiger partial charge in [0.25, 0.3) is 0 Å². The standard InChI is InChI=1S/C10H16N2O2/c1-5(2)4-12-9(13)7-6(3-11)8(7)10(12)14/h5-8H,3-4,11H2,1-2H3. The van der Waals surface area contributed by atoms with Crippen molar-refractivity contribution in [3.8, 4) is 0 Å². The molecule has 14 heavy (non-hydrogen) atoms. The number of amides is 2.